The molecule has 0 heterocycles. The second-order valence-electron chi connectivity index (χ2n) is 5.29. The van der Waals surface area contributed by atoms with Gasteiger partial charge in [0.2, 0.25) is 0 Å². The highest BCUT2D eigenvalue weighted by Gasteiger charge is 2.13. The van der Waals surface area contributed by atoms with E-state index in [2.05, 4.69) is 12.1 Å². The SMILES string of the molecule is CC(C)Oc1cc(CCc2ccccc2)ccc1C(=O)O. The lowest BCUT2D eigenvalue weighted by Gasteiger charge is -2.14. The molecule has 0 atom stereocenters. The van der Waals surface area contributed by atoms with Gasteiger partial charge in [-0.05, 0) is 49.9 Å². The first-order valence-corrected chi connectivity index (χ1v) is 7.13. The normalized spacial score (nSPS) is 10.6. The first-order valence-electron chi connectivity index (χ1n) is 7.13. The van der Waals surface area contributed by atoms with Crippen LogP contribution in [0.4, 0.5) is 0 Å². The summed E-state index contributed by atoms with van der Waals surface area (Å²) in [6, 6.07) is 15.6. The summed E-state index contributed by atoms with van der Waals surface area (Å²) in [6.07, 6.45) is 1.74. The molecule has 0 aliphatic heterocycles. The molecule has 3 heteroatoms. The summed E-state index contributed by atoms with van der Waals surface area (Å²) in [7, 11) is 0. The number of carbonyl (C=O) groups is 1. The average molecular weight is 284 g/mol. The highest BCUT2D eigenvalue weighted by Crippen LogP contribution is 2.23. The van der Waals surface area contributed by atoms with Crippen molar-refractivity contribution in [2.24, 2.45) is 0 Å². The molecule has 0 amide bonds. The average Bonchev–Trinajstić information content (AvgIpc) is 2.45. The number of carboxylic acid groups (broad SMARTS) is 1. The van der Waals surface area contributed by atoms with Crippen molar-refractivity contribution in [1.29, 1.82) is 0 Å². The fourth-order valence-electron chi connectivity index (χ4n) is 2.18. The van der Waals surface area contributed by atoms with Crippen LogP contribution in [0.1, 0.15) is 35.3 Å². The van der Waals surface area contributed by atoms with Crippen LogP contribution in [0.15, 0.2) is 48.5 Å². The van der Waals surface area contributed by atoms with Crippen molar-refractivity contribution < 1.29 is 14.6 Å². The Morgan fingerprint density at radius 1 is 1.05 bits per heavy atom. The first kappa shape index (κ1) is 15.1. The second kappa shape index (κ2) is 6.93. The van der Waals surface area contributed by atoms with Crippen molar-refractivity contribution in [3.05, 3.63) is 65.2 Å². The Morgan fingerprint density at radius 2 is 1.71 bits per heavy atom. The molecule has 0 saturated carbocycles. The predicted molar refractivity (Wildman–Crippen MR) is 83.0 cm³/mol. The van der Waals surface area contributed by atoms with Crippen LogP contribution in [-0.4, -0.2) is 17.2 Å². The lowest BCUT2D eigenvalue weighted by atomic mass is 10.0. The summed E-state index contributed by atoms with van der Waals surface area (Å²) in [5.41, 5.74) is 2.57. The smallest absolute Gasteiger partial charge is 0.339 e. The standard InChI is InChI=1S/C18H20O3/c1-13(2)21-17-12-15(10-11-16(17)18(19)20)9-8-14-6-4-3-5-7-14/h3-7,10-13H,8-9H2,1-2H3,(H,19,20). The van der Waals surface area contributed by atoms with Gasteiger partial charge >= 0.3 is 5.97 Å². The minimum absolute atomic E-state index is 0.0486. The number of aryl methyl sites for hydroxylation is 2. The van der Waals surface area contributed by atoms with Crippen molar-refractivity contribution >= 4 is 5.97 Å². The van der Waals surface area contributed by atoms with Crippen LogP contribution < -0.4 is 4.74 Å². The number of benzene rings is 2. The molecule has 0 aliphatic rings. The van der Waals surface area contributed by atoms with Crippen LogP contribution in [0.5, 0.6) is 5.75 Å². The molecule has 0 aromatic heterocycles. The summed E-state index contributed by atoms with van der Waals surface area (Å²) in [5, 5.41) is 9.20. The topological polar surface area (TPSA) is 46.5 Å². The van der Waals surface area contributed by atoms with Crippen LogP contribution in [0.2, 0.25) is 0 Å². The number of ether oxygens (including phenoxy) is 1. The lowest BCUT2D eigenvalue weighted by molar-refractivity contribution is 0.0690. The maximum Gasteiger partial charge on any atom is 0.339 e. The van der Waals surface area contributed by atoms with E-state index in [0.29, 0.717) is 5.75 Å². The maximum atomic E-state index is 11.2. The summed E-state index contributed by atoms with van der Waals surface area (Å²) in [5.74, 6) is -0.511. The number of carboxylic acids is 1. The Bertz CT molecular complexity index is 603. The van der Waals surface area contributed by atoms with E-state index in [0.717, 1.165) is 18.4 Å². The van der Waals surface area contributed by atoms with Gasteiger partial charge in [0.15, 0.2) is 0 Å². The monoisotopic (exact) mass is 284 g/mol. The van der Waals surface area contributed by atoms with Gasteiger partial charge in [-0.1, -0.05) is 36.4 Å². The molecule has 21 heavy (non-hydrogen) atoms. The van der Waals surface area contributed by atoms with E-state index in [4.69, 9.17) is 4.74 Å². The van der Waals surface area contributed by atoms with Gasteiger partial charge in [0.05, 0.1) is 6.10 Å². The Labute approximate surface area is 125 Å². The highest BCUT2D eigenvalue weighted by molar-refractivity contribution is 5.91. The van der Waals surface area contributed by atoms with Crippen molar-refractivity contribution in [2.75, 3.05) is 0 Å². The zero-order chi connectivity index (χ0) is 15.2. The predicted octanol–water partition coefficient (Wildman–Crippen LogP) is 3.96. The molecule has 0 fully saturated rings. The van der Waals surface area contributed by atoms with Crippen LogP contribution in [0.3, 0.4) is 0 Å². The minimum Gasteiger partial charge on any atom is -0.490 e. The molecular weight excluding hydrogens is 264 g/mol. The largest absolute Gasteiger partial charge is 0.490 e. The molecule has 0 spiro atoms. The molecule has 0 unspecified atom stereocenters. The Morgan fingerprint density at radius 3 is 2.33 bits per heavy atom. The number of aromatic carboxylic acids is 1. The molecule has 2 aromatic rings. The first-order chi connectivity index (χ1) is 10.1. The Hall–Kier alpha value is -2.29. The van der Waals surface area contributed by atoms with Gasteiger partial charge in [-0.2, -0.15) is 0 Å². The summed E-state index contributed by atoms with van der Waals surface area (Å²) in [4.78, 5) is 11.2. The molecule has 0 bridgehead atoms. The van der Waals surface area contributed by atoms with Gasteiger partial charge in [0.1, 0.15) is 11.3 Å². The Balaban J connectivity index is 2.15. The highest BCUT2D eigenvalue weighted by atomic mass is 16.5. The van der Waals surface area contributed by atoms with E-state index in [1.165, 1.54) is 5.56 Å². The van der Waals surface area contributed by atoms with Crippen molar-refractivity contribution in [1.82, 2.24) is 0 Å². The third kappa shape index (κ3) is 4.35. The van der Waals surface area contributed by atoms with Crippen LogP contribution in [0, 0.1) is 0 Å². The van der Waals surface area contributed by atoms with Gasteiger partial charge in [-0.25, -0.2) is 4.79 Å². The molecule has 2 rings (SSSR count). The van der Waals surface area contributed by atoms with Gasteiger partial charge in [-0.15, -0.1) is 0 Å². The van der Waals surface area contributed by atoms with Crippen LogP contribution >= 0.6 is 0 Å². The van der Waals surface area contributed by atoms with E-state index >= 15 is 0 Å². The van der Waals surface area contributed by atoms with E-state index in [-0.39, 0.29) is 11.7 Å². The molecular formula is C18H20O3. The van der Waals surface area contributed by atoms with Gasteiger partial charge in [0.25, 0.3) is 0 Å². The zero-order valence-electron chi connectivity index (χ0n) is 12.4. The fraction of sp³-hybridized carbons (Fsp3) is 0.278. The number of hydrogen-bond donors (Lipinski definition) is 1. The zero-order valence-corrected chi connectivity index (χ0v) is 12.4. The minimum atomic E-state index is -0.958. The summed E-state index contributed by atoms with van der Waals surface area (Å²) >= 11 is 0. The van der Waals surface area contributed by atoms with Crippen LogP contribution in [-0.2, 0) is 12.8 Å². The van der Waals surface area contributed by atoms with E-state index in [1.54, 1.807) is 6.07 Å². The summed E-state index contributed by atoms with van der Waals surface area (Å²) in [6.45, 7) is 3.78. The second-order valence-corrected chi connectivity index (χ2v) is 5.29. The van der Waals surface area contributed by atoms with E-state index in [1.807, 2.05) is 44.2 Å². The fourth-order valence-corrected chi connectivity index (χ4v) is 2.18. The molecule has 0 radical (unpaired) electrons. The van der Waals surface area contributed by atoms with Gasteiger partial charge < -0.3 is 9.84 Å². The lowest BCUT2D eigenvalue weighted by Crippen LogP contribution is -2.10. The van der Waals surface area contributed by atoms with Gasteiger partial charge in [-0.3, -0.25) is 0 Å². The maximum absolute atomic E-state index is 11.2. The van der Waals surface area contributed by atoms with E-state index in [9.17, 15) is 9.90 Å². The third-order valence-electron chi connectivity index (χ3n) is 3.18. The quantitative estimate of drug-likeness (QED) is 0.873. The van der Waals surface area contributed by atoms with Crippen LogP contribution in [0.25, 0.3) is 0 Å². The van der Waals surface area contributed by atoms with Crippen molar-refractivity contribution in [2.45, 2.75) is 32.8 Å². The molecule has 1 N–H and O–H groups in total. The number of rotatable bonds is 6. The van der Waals surface area contributed by atoms with E-state index < -0.39 is 5.97 Å². The molecule has 2 aromatic carbocycles. The molecule has 110 valence electrons. The molecule has 3 nitrogen and oxygen atoms in total. The van der Waals surface area contributed by atoms with Crippen molar-refractivity contribution in [3.63, 3.8) is 0 Å². The summed E-state index contributed by atoms with van der Waals surface area (Å²) < 4.78 is 5.62. The molecule has 0 saturated heterocycles. The van der Waals surface area contributed by atoms with Crippen molar-refractivity contribution in [3.8, 4) is 5.75 Å². The number of hydrogen-bond acceptors (Lipinski definition) is 2. The Kier molecular flexibility index (Phi) is 4.99. The van der Waals surface area contributed by atoms with Gasteiger partial charge in [0, 0.05) is 0 Å². The third-order valence-corrected chi connectivity index (χ3v) is 3.18. The molecule has 0 aliphatic carbocycles.